The Bertz CT molecular complexity index is 409. The van der Waals surface area contributed by atoms with Gasteiger partial charge in [-0.3, -0.25) is 19.6 Å². The predicted octanol–water partition coefficient (Wildman–Crippen LogP) is -2.05. The van der Waals surface area contributed by atoms with Gasteiger partial charge in [-0.25, -0.2) is 0 Å². The SMILES string of the molecule is O=C([O-])C1=CC=COO1.O=C([O-])C1=CC=COO1.[Mo].[O-2].[O-2]. The van der Waals surface area contributed by atoms with Gasteiger partial charge in [-0.1, -0.05) is 0 Å². The Morgan fingerprint density at radius 3 is 1.29 bits per heavy atom. The quantitative estimate of drug-likeness (QED) is 0.387. The molecular weight excluding hydrogens is 376 g/mol. The molecule has 0 aliphatic carbocycles. The molecule has 0 aromatic heterocycles. The van der Waals surface area contributed by atoms with Crippen LogP contribution < -0.4 is 10.2 Å². The first-order chi connectivity index (χ1) is 8.61. The molecule has 2 heterocycles. The minimum Gasteiger partial charge on any atom is -2.00 e. The molecule has 0 N–H and O–H groups in total. The van der Waals surface area contributed by atoms with E-state index in [2.05, 4.69) is 19.6 Å². The van der Waals surface area contributed by atoms with Crippen LogP contribution in [0.3, 0.4) is 0 Å². The first-order valence-electron chi connectivity index (χ1n) is 4.44. The minimum absolute atomic E-state index is 0. The van der Waals surface area contributed by atoms with E-state index >= 15 is 0 Å². The summed E-state index contributed by atoms with van der Waals surface area (Å²) in [6, 6.07) is 0. The van der Waals surface area contributed by atoms with Crippen LogP contribution in [0, 0.1) is 0 Å². The summed E-state index contributed by atoms with van der Waals surface area (Å²) in [6.45, 7) is 0. The number of carbonyl (C=O) groups is 2. The Morgan fingerprint density at radius 1 is 0.810 bits per heavy atom. The van der Waals surface area contributed by atoms with Crippen molar-refractivity contribution in [1.82, 2.24) is 0 Å². The van der Waals surface area contributed by atoms with Gasteiger partial charge in [0.05, 0.1) is 0 Å². The second kappa shape index (κ2) is 12.7. The van der Waals surface area contributed by atoms with Crippen LogP contribution >= 0.6 is 0 Å². The molecule has 11 heteroatoms. The summed E-state index contributed by atoms with van der Waals surface area (Å²) >= 11 is 0. The number of allylic oxidation sites excluding steroid dienone is 4. The number of hydrogen-bond acceptors (Lipinski definition) is 8. The number of carbonyl (C=O) groups excluding carboxylic acids is 2. The molecule has 0 aromatic carbocycles. The third-order valence-corrected chi connectivity index (χ3v) is 1.44. The molecule has 0 aromatic rings. The van der Waals surface area contributed by atoms with E-state index in [4.69, 9.17) is 0 Å². The van der Waals surface area contributed by atoms with Gasteiger partial charge in [0, 0.05) is 21.1 Å². The summed E-state index contributed by atoms with van der Waals surface area (Å²) in [7, 11) is 0. The van der Waals surface area contributed by atoms with E-state index in [1.807, 2.05) is 0 Å². The molecule has 0 saturated carbocycles. The van der Waals surface area contributed by atoms with Crippen molar-refractivity contribution in [1.29, 1.82) is 0 Å². The zero-order chi connectivity index (χ0) is 13.4. The maximum atomic E-state index is 9.94. The maximum Gasteiger partial charge on any atom is 0.201 e. The number of carboxylic acids is 2. The smallest absolute Gasteiger partial charge is 0.201 e. The normalized spacial score (nSPS) is 13.1. The molecule has 0 bridgehead atoms. The second-order valence-corrected chi connectivity index (χ2v) is 2.65. The van der Waals surface area contributed by atoms with Crippen LogP contribution in [0.5, 0.6) is 0 Å². The zero-order valence-corrected chi connectivity index (χ0v) is 12.0. The van der Waals surface area contributed by atoms with E-state index in [1.54, 1.807) is 0 Å². The number of carboxylic acid groups (broad SMARTS) is 2. The minimum atomic E-state index is -1.39. The van der Waals surface area contributed by atoms with Gasteiger partial charge in [-0.2, -0.15) is 0 Å². The molecular formula is C10H6MoO10-6. The molecule has 2 aliphatic rings. The van der Waals surface area contributed by atoms with Crippen LogP contribution in [0.4, 0.5) is 0 Å². The Morgan fingerprint density at radius 2 is 1.14 bits per heavy atom. The molecule has 10 nitrogen and oxygen atoms in total. The Kier molecular flexibility index (Phi) is 14.4. The fourth-order valence-electron chi connectivity index (χ4n) is 0.736. The van der Waals surface area contributed by atoms with Crippen molar-refractivity contribution < 1.29 is 71.4 Å². The molecule has 0 spiro atoms. The predicted molar refractivity (Wildman–Crippen MR) is 50.2 cm³/mol. The Balaban J connectivity index is -0.000000270. The molecule has 118 valence electrons. The fourth-order valence-corrected chi connectivity index (χ4v) is 0.736. The van der Waals surface area contributed by atoms with E-state index in [9.17, 15) is 19.8 Å². The average molecular weight is 382 g/mol. The first-order valence-corrected chi connectivity index (χ1v) is 4.44. The van der Waals surface area contributed by atoms with Gasteiger partial charge in [0.2, 0.25) is 11.5 Å². The number of aliphatic carboxylic acids is 2. The molecule has 0 atom stereocenters. The van der Waals surface area contributed by atoms with Crippen LogP contribution in [0.25, 0.3) is 0 Å². The van der Waals surface area contributed by atoms with Crippen molar-refractivity contribution in [3.05, 3.63) is 48.3 Å². The largest absolute Gasteiger partial charge is 2.00 e. The zero-order valence-electron chi connectivity index (χ0n) is 9.95. The third kappa shape index (κ3) is 9.27. The average Bonchev–Trinajstić information content (AvgIpc) is 2.41. The van der Waals surface area contributed by atoms with Crippen molar-refractivity contribution >= 4 is 11.9 Å². The first kappa shape index (κ1) is 23.8. The van der Waals surface area contributed by atoms with Gasteiger partial charge in [0.15, 0.2) is 0 Å². The second-order valence-electron chi connectivity index (χ2n) is 2.65. The molecule has 0 unspecified atom stereocenters. The molecule has 2 rings (SSSR count). The summed E-state index contributed by atoms with van der Waals surface area (Å²) in [4.78, 5) is 36.5. The monoisotopic (exact) mass is 384 g/mol. The molecule has 0 radical (unpaired) electrons. The number of hydrogen-bond donors (Lipinski definition) is 0. The summed E-state index contributed by atoms with van der Waals surface area (Å²) in [5.74, 6) is -3.42. The van der Waals surface area contributed by atoms with Crippen molar-refractivity contribution in [2.45, 2.75) is 0 Å². The molecule has 0 fully saturated rings. The van der Waals surface area contributed by atoms with Gasteiger partial charge in [0.1, 0.15) is 24.5 Å². The van der Waals surface area contributed by atoms with E-state index in [0.29, 0.717) is 0 Å². The fraction of sp³-hybridized carbons (Fsp3) is 0. The summed E-state index contributed by atoms with van der Waals surface area (Å²) in [6.07, 6.45) is 7.69. The van der Waals surface area contributed by atoms with Crippen LogP contribution in [-0.4, -0.2) is 11.9 Å². The topological polar surface area (TPSA) is 174 Å². The van der Waals surface area contributed by atoms with Crippen molar-refractivity contribution in [2.75, 3.05) is 0 Å². The van der Waals surface area contributed by atoms with Gasteiger partial charge in [-0.15, -0.1) is 0 Å². The van der Waals surface area contributed by atoms with Crippen molar-refractivity contribution in [3.8, 4) is 0 Å². The van der Waals surface area contributed by atoms with E-state index < -0.39 is 11.9 Å². The summed E-state index contributed by atoms with van der Waals surface area (Å²) in [5, 5.41) is 19.9. The summed E-state index contributed by atoms with van der Waals surface area (Å²) in [5.41, 5.74) is 0. The third-order valence-electron chi connectivity index (χ3n) is 1.44. The molecule has 0 amide bonds. The van der Waals surface area contributed by atoms with E-state index in [1.165, 1.54) is 36.8 Å². The van der Waals surface area contributed by atoms with Gasteiger partial charge in [0.25, 0.3) is 0 Å². The van der Waals surface area contributed by atoms with Crippen LogP contribution in [-0.2, 0) is 61.2 Å². The standard InChI is InChI=1S/2C5H4O4.Mo.2O/c2*6-5(7)4-2-1-3-8-9-4;;;/h2*1-3H,(H,6,7);;;/q;;;2*-2/p-2. The van der Waals surface area contributed by atoms with Gasteiger partial charge >= 0.3 is 0 Å². The van der Waals surface area contributed by atoms with Crippen LogP contribution in [0.15, 0.2) is 48.3 Å². The van der Waals surface area contributed by atoms with Crippen LogP contribution in [0.1, 0.15) is 0 Å². The maximum absolute atomic E-state index is 9.94. The summed E-state index contributed by atoms with van der Waals surface area (Å²) < 4.78 is 0. The van der Waals surface area contributed by atoms with Crippen LogP contribution in [0.2, 0.25) is 0 Å². The molecule has 0 saturated heterocycles. The van der Waals surface area contributed by atoms with Crippen molar-refractivity contribution in [2.24, 2.45) is 0 Å². The van der Waals surface area contributed by atoms with Gasteiger partial charge in [-0.05, 0) is 24.3 Å². The Labute approximate surface area is 132 Å². The van der Waals surface area contributed by atoms with Crippen molar-refractivity contribution in [3.63, 3.8) is 0 Å². The van der Waals surface area contributed by atoms with Gasteiger partial charge < -0.3 is 30.8 Å². The number of rotatable bonds is 2. The molecule has 2 aliphatic heterocycles. The van der Waals surface area contributed by atoms with E-state index in [0.717, 1.165) is 0 Å². The van der Waals surface area contributed by atoms with E-state index in [-0.39, 0.29) is 43.5 Å². The Hall–Kier alpha value is -2.29. The molecule has 21 heavy (non-hydrogen) atoms.